The zero-order valence-electron chi connectivity index (χ0n) is 17.5. The number of benzene rings is 2. The predicted octanol–water partition coefficient (Wildman–Crippen LogP) is 2.64. The number of cyclic esters (lactones) is 1. The topological polar surface area (TPSA) is 123 Å². The van der Waals surface area contributed by atoms with Crippen molar-refractivity contribution in [3.8, 4) is 11.1 Å². The second-order valence-electron chi connectivity index (χ2n) is 7.45. The van der Waals surface area contributed by atoms with Crippen LogP contribution in [0.2, 0.25) is 0 Å². The lowest BCUT2D eigenvalue weighted by molar-refractivity contribution is -0.139. The summed E-state index contributed by atoms with van der Waals surface area (Å²) in [4.78, 5) is 40.7. The third-order valence-electron chi connectivity index (χ3n) is 5.29. The van der Waals surface area contributed by atoms with Gasteiger partial charge in [0.1, 0.15) is 6.04 Å². The molecular weight excluding hydrogens is 427 g/mol. The molecule has 0 bridgehead atoms. The second kappa shape index (κ2) is 9.58. The molecule has 1 unspecified atom stereocenters. The van der Waals surface area contributed by atoms with E-state index in [0.29, 0.717) is 28.7 Å². The van der Waals surface area contributed by atoms with E-state index in [9.17, 15) is 18.8 Å². The Morgan fingerprint density at radius 1 is 1.12 bits per heavy atom. The number of aromatic nitrogens is 1. The maximum Gasteiger partial charge on any atom is 0.328 e. The summed E-state index contributed by atoms with van der Waals surface area (Å²) in [5, 5.41) is 5.20. The summed E-state index contributed by atoms with van der Waals surface area (Å²) in [7, 11) is 0. The molecule has 2 aromatic carbocycles. The lowest BCUT2D eigenvalue weighted by atomic mass is 9.95. The lowest BCUT2D eigenvalue weighted by Gasteiger charge is -2.13. The first kappa shape index (κ1) is 22.1. The zero-order chi connectivity index (χ0) is 23.4. The minimum atomic E-state index is -0.665. The highest BCUT2D eigenvalue weighted by Crippen LogP contribution is 2.27. The monoisotopic (exact) mass is 448 g/mol. The Morgan fingerprint density at radius 3 is 2.67 bits per heavy atom. The fraction of sp³-hybridized carbons (Fsp3) is 0.167. The van der Waals surface area contributed by atoms with Crippen molar-refractivity contribution in [2.75, 3.05) is 11.9 Å². The first-order chi connectivity index (χ1) is 16.0. The third-order valence-corrected chi connectivity index (χ3v) is 5.29. The number of esters is 1. The maximum absolute atomic E-state index is 13.9. The van der Waals surface area contributed by atoms with E-state index in [2.05, 4.69) is 15.6 Å². The van der Waals surface area contributed by atoms with E-state index in [-0.39, 0.29) is 18.8 Å². The second-order valence-corrected chi connectivity index (χ2v) is 7.45. The summed E-state index contributed by atoms with van der Waals surface area (Å²) in [6, 6.07) is 12.4. The molecule has 4 N–H and O–H groups in total. The van der Waals surface area contributed by atoms with Gasteiger partial charge in [-0.3, -0.25) is 14.6 Å². The van der Waals surface area contributed by atoms with E-state index in [1.807, 2.05) is 0 Å². The highest BCUT2D eigenvalue weighted by molar-refractivity contribution is 6.05. The summed E-state index contributed by atoms with van der Waals surface area (Å²) in [5.41, 5.74) is 8.65. The van der Waals surface area contributed by atoms with Gasteiger partial charge in [-0.2, -0.15) is 0 Å². The molecule has 1 aromatic heterocycles. The van der Waals surface area contributed by atoms with Crippen LogP contribution in [-0.4, -0.2) is 35.4 Å². The van der Waals surface area contributed by atoms with Gasteiger partial charge in [0.15, 0.2) is 5.82 Å². The molecule has 9 heteroatoms. The first-order valence-electron chi connectivity index (χ1n) is 10.3. The number of ether oxygens (including phenoxy) is 1. The molecule has 1 aliphatic rings. The molecule has 33 heavy (non-hydrogen) atoms. The number of hydrogen-bond donors (Lipinski definition) is 3. The molecule has 1 aliphatic heterocycles. The molecular formula is C24H21FN4O4. The average Bonchev–Trinajstić information content (AvgIpc) is 3.24. The molecule has 0 spiro atoms. The molecule has 4 rings (SSSR count). The molecule has 0 saturated carbocycles. The van der Waals surface area contributed by atoms with Crippen LogP contribution in [-0.2, 0) is 16.1 Å². The molecule has 8 nitrogen and oxygen atoms in total. The zero-order valence-corrected chi connectivity index (χ0v) is 17.5. The van der Waals surface area contributed by atoms with Gasteiger partial charge in [-0.25, -0.2) is 9.18 Å². The molecule has 3 aromatic rings. The normalized spacial score (nSPS) is 15.1. The smallest absolute Gasteiger partial charge is 0.328 e. The minimum absolute atomic E-state index is 0.0172. The van der Waals surface area contributed by atoms with Crippen molar-refractivity contribution in [3.05, 3.63) is 83.4 Å². The number of nitrogens with one attached hydrogen (secondary N) is 2. The van der Waals surface area contributed by atoms with Crippen LogP contribution in [0.1, 0.15) is 32.7 Å². The third kappa shape index (κ3) is 4.88. The van der Waals surface area contributed by atoms with E-state index in [1.54, 1.807) is 42.5 Å². The summed E-state index contributed by atoms with van der Waals surface area (Å²) in [6.07, 6.45) is 2.82. The molecule has 1 atom stereocenters. The SMILES string of the molecule is NCc1ccc(C(=O)Nc2ccncc2F)cc1-c1cccc(C(=O)NC2CCOC2=O)c1. The number of pyridine rings is 1. The largest absolute Gasteiger partial charge is 0.464 e. The minimum Gasteiger partial charge on any atom is -0.464 e. The Balaban J connectivity index is 1.61. The van der Waals surface area contributed by atoms with Crippen LogP contribution in [0.3, 0.4) is 0 Å². The van der Waals surface area contributed by atoms with Crippen LogP contribution in [0.25, 0.3) is 11.1 Å². The van der Waals surface area contributed by atoms with Crippen molar-refractivity contribution >= 4 is 23.5 Å². The van der Waals surface area contributed by atoms with Crippen LogP contribution in [0.5, 0.6) is 0 Å². The predicted molar refractivity (Wildman–Crippen MR) is 119 cm³/mol. The van der Waals surface area contributed by atoms with E-state index < -0.39 is 29.6 Å². The van der Waals surface area contributed by atoms with Crippen LogP contribution >= 0.6 is 0 Å². The van der Waals surface area contributed by atoms with Gasteiger partial charge in [0.05, 0.1) is 18.5 Å². The number of nitrogens with two attached hydrogens (primary N) is 1. The van der Waals surface area contributed by atoms with Crippen LogP contribution in [0.4, 0.5) is 10.1 Å². The molecule has 2 amide bonds. The Kier molecular flexibility index (Phi) is 6.41. The molecule has 0 aliphatic carbocycles. The van der Waals surface area contributed by atoms with Gasteiger partial charge in [0, 0.05) is 30.3 Å². The summed E-state index contributed by atoms with van der Waals surface area (Å²) >= 11 is 0. The van der Waals surface area contributed by atoms with E-state index in [4.69, 9.17) is 10.5 Å². The fourth-order valence-corrected chi connectivity index (χ4v) is 3.53. The van der Waals surface area contributed by atoms with E-state index in [0.717, 1.165) is 11.8 Å². The first-order valence-corrected chi connectivity index (χ1v) is 10.3. The van der Waals surface area contributed by atoms with Crippen molar-refractivity contribution in [2.45, 2.75) is 19.0 Å². The van der Waals surface area contributed by atoms with Crippen LogP contribution in [0, 0.1) is 5.82 Å². The summed E-state index contributed by atoms with van der Waals surface area (Å²) < 4.78 is 18.7. The lowest BCUT2D eigenvalue weighted by Crippen LogP contribution is -2.37. The van der Waals surface area contributed by atoms with Gasteiger partial charge >= 0.3 is 5.97 Å². The molecule has 1 saturated heterocycles. The summed E-state index contributed by atoms with van der Waals surface area (Å²) in [6.45, 7) is 0.489. The number of carbonyl (C=O) groups excluding carboxylic acids is 3. The average molecular weight is 448 g/mol. The molecule has 0 radical (unpaired) electrons. The fourth-order valence-electron chi connectivity index (χ4n) is 3.53. The molecule has 1 fully saturated rings. The number of nitrogens with zero attached hydrogens (tertiary/aromatic N) is 1. The quantitative estimate of drug-likeness (QED) is 0.498. The number of rotatable bonds is 6. The van der Waals surface area contributed by atoms with Gasteiger partial charge in [0.25, 0.3) is 11.8 Å². The standard InChI is InChI=1S/C24H21FN4O4/c25-19-13-27-8-6-20(19)28-23(31)16-4-5-17(12-26)18(11-16)14-2-1-3-15(10-14)22(30)29-21-7-9-33-24(21)32/h1-6,8,10-11,13,21H,7,9,12,26H2,(H,29,30)(H,27,28,31). The highest BCUT2D eigenvalue weighted by Gasteiger charge is 2.28. The van der Waals surface area contributed by atoms with Crippen molar-refractivity contribution in [2.24, 2.45) is 5.73 Å². The van der Waals surface area contributed by atoms with Crippen molar-refractivity contribution in [3.63, 3.8) is 0 Å². The molecule has 2 heterocycles. The summed E-state index contributed by atoms with van der Waals surface area (Å²) in [5.74, 6) is -2.00. The van der Waals surface area contributed by atoms with Crippen molar-refractivity contribution in [1.29, 1.82) is 0 Å². The van der Waals surface area contributed by atoms with Gasteiger partial charge in [-0.1, -0.05) is 18.2 Å². The van der Waals surface area contributed by atoms with Gasteiger partial charge in [0.2, 0.25) is 0 Å². The van der Waals surface area contributed by atoms with Crippen LogP contribution in [0.15, 0.2) is 60.9 Å². The number of hydrogen-bond acceptors (Lipinski definition) is 6. The van der Waals surface area contributed by atoms with Crippen LogP contribution < -0.4 is 16.4 Å². The highest BCUT2D eigenvalue weighted by atomic mass is 19.1. The molecule has 168 valence electrons. The Labute approximate surface area is 189 Å². The Hall–Kier alpha value is -4.11. The van der Waals surface area contributed by atoms with Gasteiger partial charge < -0.3 is 21.1 Å². The Morgan fingerprint density at radius 2 is 1.94 bits per heavy atom. The van der Waals surface area contributed by atoms with Gasteiger partial charge in [-0.15, -0.1) is 0 Å². The van der Waals surface area contributed by atoms with Gasteiger partial charge in [-0.05, 0) is 47.0 Å². The number of amides is 2. The number of anilines is 1. The van der Waals surface area contributed by atoms with E-state index in [1.165, 1.54) is 12.3 Å². The number of halogens is 1. The van der Waals surface area contributed by atoms with Crippen molar-refractivity contribution in [1.82, 2.24) is 10.3 Å². The van der Waals surface area contributed by atoms with E-state index >= 15 is 0 Å². The number of carbonyl (C=O) groups is 3. The Bertz CT molecular complexity index is 1230. The van der Waals surface area contributed by atoms with Crippen molar-refractivity contribution < 1.29 is 23.5 Å². The maximum atomic E-state index is 13.9.